The number of amidine groups is 1. The number of aliphatic imine (C=N–C) groups is 1. The molecule has 4 rings (SSSR count). The third-order valence-corrected chi connectivity index (χ3v) is 7.99. The fourth-order valence-corrected chi connectivity index (χ4v) is 5.97. The number of nitrogens with one attached hydrogen (secondary N) is 2. The number of hydrogen-bond donors (Lipinski definition) is 2. The number of hydrogen-bond acceptors (Lipinski definition) is 5. The molecule has 33 heavy (non-hydrogen) atoms. The molecule has 0 spiro atoms. The Bertz CT molecular complexity index is 1140. The zero-order valence-electron chi connectivity index (χ0n) is 17.9. The SMILES string of the molecule is N#C/N=C1/CCCCN1c1ccc(NC(=O)C2(NC(=O)c3ccc(Br)s3)CCCC2)cc1Cl. The molecule has 2 amide bonds. The fraction of sp³-hybridized carbons (Fsp3) is 0.391. The van der Waals surface area contributed by atoms with Crippen LogP contribution < -0.4 is 15.5 Å². The van der Waals surface area contributed by atoms with Gasteiger partial charge >= 0.3 is 0 Å². The second-order valence-electron chi connectivity index (χ2n) is 8.20. The van der Waals surface area contributed by atoms with Gasteiger partial charge in [-0.15, -0.1) is 11.3 Å². The summed E-state index contributed by atoms with van der Waals surface area (Å²) in [5.74, 6) is 0.221. The van der Waals surface area contributed by atoms with Gasteiger partial charge in [0.25, 0.3) is 5.91 Å². The Morgan fingerprint density at radius 1 is 1.18 bits per heavy atom. The van der Waals surface area contributed by atoms with E-state index in [1.807, 2.05) is 23.2 Å². The van der Waals surface area contributed by atoms with Gasteiger partial charge in [0.2, 0.25) is 12.1 Å². The molecule has 1 aromatic heterocycles. The Morgan fingerprint density at radius 2 is 1.97 bits per heavy atom. The van der Waals surface area contributed by atoms with Crippen LogP contribution in [0, 0.1) is 11.5 Å². The van der Waals surface area contributed by atoms with E-state index in [4.69, 9.17) is 16.9 Å². The van der Waals surface area contributed by atoms with E-state index in [2.05, 4.69) is 31.6 Å². The molecule has 1 aliphatic carbocycles. The first-order valence-corrected chi connectivity index (χ1v) is 12.8. The number of nitriles is 1. The molecule has 7 nitrogen and oxygen atoms in total. The molecule has 2 aromatic rings. The van der Waals surface area contributed by atoms with E-state index in [1.165, 1.54) is 11.3 Å². The number of piperidine rings is 1. The highest BCUT2D eigenvalue weighted by molar-refractivity contribution is 9.11. The third kappa shape index (κ3) is 5.24. The molecule has 1 saturated heterocycles. The molecule has 0 radical (unpaired) electrons. The van der Waals surface area contributed by atoms with Crippen molar-refractivity contribution in [3.8, 4) is 6.19 Å². The third-order valence-electron chi connectivity index (χ3n) is 6.06. The van der Waals surface area contributed by atoms with Crippen LogP contribution in [0.3, 0.4) is 0 Å². The maximum absolute atomic E-state index is 13.3. The summed E-state index contributed by atoms with van der Waals surface area (Å²) in [4.78, 5) is 32.5. The van der Waals surface area contributed by atoms with Crippen LogP contribution in [0.25, 0.3) is 0 Å². The van der Waals surface area contributed by atoms with Gasteiger partial charge in [-0.05, 0) is 71.9 Å². The zero-order chi connectivity index (χ0) is 23.4. The predicted molar refractivity (Wildman–Crippen MR) is 135 cm³/mol. The maximum Gasteiger partial charge on any atom is 0.262 e. The molecule has 0 atom stereocenters. The molecule has 0 bridgehead atoms. The standard InChI is InChI=1S/C23H23BrClN5O2S/c24-19-9-8-18(33-19)21(31)29-23(10-2-3-11-23)22(32)28-15-6-7-17(16(25)13-15)30-12-4-1-5-20(30)27-14-26/h6-9,13H,1-5,10-12H2,(H,28,32)(H,29,31)/b27-20-. The first-order chi connectivity index (χ1) is 15.9. The fourth-order valence-electron chi connectivity index (χ4n) is 4.41. The molecule has 0 unspecified atom stereocenters. The van der Waals surface area contributed by atoms with Crippen molar-refractivity contribution in [2.45, 2.75) is 50.5 Å². The number of amides is 2. The number of rotatable bonds is 5. The maximum atomic E-state index is 13.3. The molecule has 1 saturated carbocycles. The molecular weight excluding hydrogens is 526 g/mol. The van der Waals surface area contributed by atoms with Crippen LogP contribution >= 0.6 is 38.9 Å². The van der Waals surface area contributed by atoms with E-state index in [9.17, 15) is 9.59 Å². The van der Waals surface area contributed by atoms with Gasteiger partial charge in [-0.3, -0.25) is 9.59 Å². The van der Waals surface area contributed by atoms with Gasteiger partial charge < -0.3 is 15.5 Å². The molecule has 1 aromatic carbocycles. The Morgan fingerprint density at radius 3 is 2.64 bits per heavy atom. The summed E-state index contributed by atoms with van der Waals surface area (Å²) in [5.41, 5.74) is 0.373. The number of carbonyl (C=O) groups is 2. The second-order valence-corrected chi connectivity index (χ2v) is 11.1. The molecular formula is C23H23BrClN5O2S. The molecule has 1 aliphatic heterocycles. The van der Waals surface area contributed by atoms with Gasteiger partial charge in [0, 0.05) is 18.7 Å². The number of anilines is 2. The lowest BCUT2D eigenvalue weighted by Gasteiger charge is -2.31. The minimum atomic E-state index is -0.946. The number of thiophene rings is 1. The van der Waals surface area contributed by atoms with Crippen molar-refractivity contribution >= 4 is 67.9 Å². The molecule has 2 N–H and O–H groups in total. The Labute approximate surface area is 210 Å². The summed E-state index contributed by atoms with van der Waals surface area (Å²) in [6.45, 7) is 0.736. The van der Waals surface area contributed by atoms with Crippen molar-refractivity contribution in [2.24, 2.45) is 4.99 Å². The van der Waals surface area contributed by atoms with Gasteiger partial charge in [-0.2, -0.15) is 10.3 Å². The van der Waals surface area contributed by atoms with Crippen molar-refractivity contribution in [3.05, 3.63) is 44.0 Å². The highest BCUT2D eigenvalue weighted by Gasteiger charge is 2.43. The largest absolute Gasteiger partial charge is 0.337 e. The Hall–Kier alpha value is -2.41. The van der Waals surface area contributed by atoms with Crippen molar-refractivity contribution in [1.29, 1.82) is 5.26 Å². The summed E-state index contributed by atoms with van der Waals surface area (Å²) < 4.78 is 0.865. The lowest BCUT2D eigenvalue weighted by atomic mass is 9.95. The van der Waals surface area contributed by atoms with Gasteiger partial charge in [0.1, 0.15) is 11.4 Å². The minimum Gasteiger partial charge on any atom is -0.337 e. The molecule has 172 valence electrons. The van der Waals surface area contributed by atoms with Crippen molar-refractivity contribution in [3.63, 3.8) is 0 Å². The molecule has 2 heterocycles. The van der Waals surface area contributed by atoms with E-state index >= 15 is 0 Å². The van der Waals surface area contributed by atoms with Crippen LogP contribution in [0.15, 0.2) is 39.1 Å². The summed E-state index contributed by atoms with van der Waals surface area (Å²) in [6.07, 6.45) is 7.49. The first kappa shape index (κ1) is 23.7. The summed E-state index contributed by atoms with van der Waals surface area (Å²) >= 11 is 11.3. The summed E-state index contributed by atoms with van der Waals surface area (Å²) in [7, 11) is 0. The highest BCUT2D eigenvalue weighted by atomic mass is 79.9. The van der Waals surface area contributed by atoms with Crippen molar-refractivity contribution in [1.82, 2.24) is 5.32 Å². The number of carbonyl (C=O) groups excluding carboxylic acids is 2. The normalized spacial score (nSPS) is 18.7. The zero-order valence-corrected chi connectivity index (χ0v) is 21.0. The molecule has 2 fully saturated rings. The van der Waals surface area contributed by atoms with Crippen LogP contribution in [-0.2, 0) is 4.79 Å². The molecule has 10 heteroatoms. The highest BCUT2D eigenvalue weighted by Crippen LogP contribution is 2.35. The van der Waals surface area contributed by atoms with Crippen LogP contribution in [0.4, 0.5) is 11.4 Å². The molecule has 2 aliphatic rings. The Kier molecular flexibility index (Phi) is 7.37. The van der Waals surface area contributed by atoms with Gasteiger partial charge in [0.15, 0.2) is 0 Å². The van der Waals surface area contributed by atoms with E-state index < -0.39 is 5.54 Å². The van der Waals surface area contributed by atoms with Crippen LogP contribution in [0.2, 0.25) is 5.02 Å². The van der Waals surface area contributed by atoms with Crippen molar-refractivity contribution in [2.75, 3.05) is 16.8 Å². The number of halogens is 2. The van der Waals surface area contributed by atoms with Gasteiger partial charge in [0.05, 0.1) is 19.4 Å². The van der Waals surface area contributed by atoms with E-state index in [0.29, 0.717) is 34.3 Å². The summed E-state index contributed by atoms with van der Waals surface area (Å²) in [5, 5.41) is 15.4. The number of benzene rings is 1. The lowest BCUT2D eigenvalue weighted by Crippen LogP contribution is -2.54. The van der Waals surface area contributed by atoms with Crippen LogP contribution in [-0.4, -0.2) is 29.7 Å². The Balaban J connectivity index is 1.51. The topological polar surface area (TPSA) is 97.6 Å². The quantitative estimate of drug-likeness (QED) is 0.467. The van der Waals surface area contributed by atoms with Crippen LogP contribution in [0.5, 0.6) is 0 Å². The van der Waals surface area contributed by atoms with E-state index in [-0.39, 0.29) is 11.8 Å². The predicted octanol–water partition coefficient (Wildman–Crippen LogP) is 5.72. The monoisotopic (exact) mass is 547 g/mol. The van der Waals surface area contributed by atoms with E-state index in [1.54, 1.807) is 18.2 Å². The van der Waals surface area contributed by atoms with Gasteiger partial charge in [-0.1, -0.05) is 24.4 Å². The smallest absolute Gasteiger partial charge is 0.262 e. The second kappa shape index (κ2) is 10.2. The van der Waals surface area contributed by atoms with Crippen LogP contribution in [0.1, 0.15) is 54.6 Å². The lowest BCUT2D eigenvalue weighted by molar-refractivity contribution is -0.122. The minimum absolute atomic E-state index is 0.238. The first-order valence-electron chi connectivity index (χ1n) is 10.8. The van der Waals surface area contributed by atoms with Crippen molar-refractivity contribution < 1.29 is 9.59 Å². The number of nitrogens with zero attached hydrogens (tertiary/aromatic N) is 3. The summed E-state index contributed by atoms with van der Waals surface area (Å²) in [6, 6.07) is 8.89. The van der Waals surface area contributed by atoms with E-state index in [0.717, 1.165) is 48.1 Å². The average molecular weight is 549 g/mol. The van der Waals surface area contributed by atoms with Gasteiger partial charge in [-0.25, -0.2) is 0 Å². The average Bonchev–Trinajstić information content (AvgIpc) is 3.45.